The first-order chi connectivity index (χ1) is 12.3. The molecule has 0 saturated carbocycles. The van der Waals surface area contributed by atoms with Crippen molar-refractivity contribution < 1.29 is 4.74 Å². The Morgan fingerprint density at radius 2 is 1.88 bits per heavy atom. The molecule has 0 atom stereocenters. The fraction of sp³-hybridized carbons (Fsp3) is 0.105. The molecule has 1 aromatic carbocycles. The maximum absolute atomic E-state index is 5.80. The number of hydrogen-bond acceptors (Lipinski definition) is 4. The highest BCUT2D eigenvalue weighted by atomic mass is 35.5. The zero-order valence-corrected chi connectivity index (χ0v) is 14.1. The van der Waals surface area contributed by atoms with E-state index in [2.05, 4.69) is 45.5 Å². The van der Waals surface area contributed by atoms with E-state index < -0.39 is 0 Å². The van der Waals surface area contributed by atoms with Gasteiger partial charge in [-0.25, -0.2) is 4.98 Å². The number of halogens is 1. The number of hydrogen-bond donors (Lipinski definition) is 0. The number of ether oxygens (including phenoxy) is 1. The van der Waals surface area contributed by atoms with Gasteiger partial charge in [0.15, 0.2) is 5.15 Å². The SMILES string of the molecule is Clc1cc(OCc2ccc(Cc3cccn4ccnc34)cc2)cnn1. The first-order valence-corrected chi connectivity index (χ1v) is 8.25. The minimum atomic E-state index is 0.320. The van der Waals surface area contributed by atoms with Crippen LogP contribution in [0.5, 0.6) is 5.75 Å². The fourth-order valence-electron chi connectivity index (χ4n) is 2.69. The lowest BCUT2D eigenvalue weighted by Crippen LogP contribution is -1.98. The molecule has 0 amide bonds. The average Bonchev–Trinajstić information content (AvgIpc) is 3.11. The van der Waals surface area contributed by atoms with Crippen LogP contribution in [0.1, 0.15) is 16.7 Å². The summed E-state index contributed by atoms with van der Waals surface area (Å²) in [7, 11) is 0. The van der Waals surface area contributed by atoms with E-state index in [1.54, 1.807) is 12.3 Å². The summed E-state index contributed by atoms with van der Waals surface area (Å²) in [6.45, 7) is 0.456. The van der Waals surface area contributed by atoms with Gasteiger partial charge in [0.25, 0.3) is 0 Å². The molecule has 6 heteroatoms. The molecule has 0 saturated heterocycles. The van der Waals surface area contributed by atoms with E-state index in [9.17, 15) is 0 Å². The predicted molar refractivity (Wildman–Crippen MR) is 95.8 cm³/mol. The number of nitrogens with zero attached hydrogens (tertiary/aromatic N) is 4. The van der Waals surface area contributed by atoms with Crippen molar-refractivity contribution in [1.82, 2.24) is 19.6 Å². The maximum atomic E-state index is 5.80. The smallest absolute Gasteiger partial charge is 0.155 e. The molecule has 0 unspecified atom stereocenters. The molecule has 0 N–H and O–H groups in total. The quantitative estimate of drug-likeness (QED) is 0.547. The second kappa shape index (κ2) is 6.91. The largest absolute Gasteiger partial charge is 0.487 e. The Labute approximate surface area is 149 Å². The van der Waals surface area contributed by atoms with Crippen molar-refractivity contribution in [1.29, 1.82) is 0 Å². The minimum Gasteiger partial charge on any atom is -0.487 e. The van der Waals surface area contributed by atoms with Crippen molar-refractivity contribution in [3.05, 3.63) is 89.1 Å². The van der Waals surface area contributed by atoms with Crippen LogP contribution >= 0.6 is 11.6 Å². The summed E-state index contributed by atoms with van der Waals surface area (Å²) in [5.41, 5.74) is 4.51. The Bertz CT molecular complexity index is 998. The molecule has 0 aliphatic heterocycles. The summed E-state index contributed by atoms with van der Waals surface area (Å²) in [6, 6.07) is 14.2. The zero-order valence-electron chi connectivity index (χ0n) is 13.3. The van der Waals surface area contributed by atoms with E-state index in [0.717, 1.165) is 17.6 Å². The first kappa shape index (κ1) is 15.6. The van der Waals surface area contributed by atoms with Gasteiger partial charge in [0.2, 0.25) is 0 Å². The lowest BCUT2D eigenvalue weighted by molar-refractivity contribution is 0.304. The summed E-state index contributed by atoms with van der Waals surface area (Å²) in [5.74, 6) is 0.607. The van der Waals surface area contributed by atoms with E-state index in [0.29, 0.717) is 17.5 Å². The molecular weight excluding hydrogens is 336 g/mol. The highest BCUT2D eigenvalue weighted by Crippen LogP contribution is 2.17. The molecular formula is C19H15ClN4O. The van der Waals surface area contributed by atoms with Gasteiger partial charge in [0.05, 0.1) is 6.20 Å². The highest BCUT2D eigenvalue weighted by molar-refractivity contribution is 6.29. The first-order valence-electron chi connectivity index (χ1n) is 7.87. The summed E-state index contributed by atoms with van der Waals surface area (Å²) in [4.78, 5) is 4.42. The van der Waals surface area contributed by atoms with Crippen LogP contribution in [0.15, 0.2) is 67.3 Å². The van der Waals surface area contributed by atoms with E-state index in [4.69, 9.17) is 16.3 Å². The summed E-state index contributed by atoms with van der Waals surface area (Å²) in [5, 5.41) is 7.78. The Kier molecular flexibility index (Phi) is 4.31. The van der Waals surface area contributed by atoms with E-state index in [1.165, 1.54) is 11.1 Å². The van der Waals surface area contributed by atoms with E-state index in [1.807, 2.05) is 29.1 Å². The summed E-state index contributed by atoms with van der Waals surface area (Å²) in [6.07, 6.45) is 8.17. The standard InChI is InChI=1S/C19H15ClN4O/c20-18-11-17(12-22-23-18)25-13-15-5-3-14(4-6-15)10-16-2-1-8-24-9-7-21-19(16)24/h1-9,11-12H,10,13H2. The minimum absolute atomic E-state index is 0.320. The zero-order chi connectivity index (χ0) is 17.1. The van der Waals surface area contributed by atoms with Crippen molar-refractivity contribution in [2.45, 2.75) is 13.0 Å². The Morgan fingerprint density at radius 1 is 1.04 bits per heavy atom. The van der Waals surface area contributed by atoms with Crippen LogP contribution in [-0.2, 0) is 13.0 Å². The third kappa shape index (κ3) is 3.61. The molecule has 0 aliphatic rings. The third-order valence-electron chi connectivity index (χ3n) is 3.92. The van der Waals surface area contributed by atoms with E-state index >= 15 is 0 Å². The van der Waals surface area contributed by atoms with Crippen LogP contribution in [0, 0.1) is 0 Å². The van der Waals surface area contributed by atoms with Crippen LogP contribution in [0.3, 0.4) is 0 Å². The molecule has 0 fully saturated rings. The molecule has 0 radical (unpaired) electrons. The lowest BCUT2D eigenvalue weighted by atomic mass is 10.0. The van der Waals surface area contributed by atoms with Gasteiger partial charge in [-0.05, 0) is 22.8 Å². The van der Waals surface area contributed by atoms with Gasteiger partial charge in [-0.1, -0.05) is 41.9 Å². The van der Waals surface area contributed by atoms with Crippen LogP contribution in [-0.4, -0.2) is 19.6 Å². The van der Waals surface area contributed by atoms with Crippen LogP contribution < -0.4 is 4.74 Å². The molecule has 0 spiro atoms. The Hall–Kier alpha value is -2.92. The fourth-order valence-corrected chi connectivity index (χ4v) is 2.84. The molecule has 5 nitrogen and oxygen atoms in total. The summed E-state index contributed by atoms with van der Waals surface area (Å²) >= 11 is 5.80. The molecule has 3 heterocycles. The van der Waals surface area contributed by atoms with Gasteiger partial charge in [-0.3, -0.25) is 0 Å². The molecule has 3 aromatic heterocycles. The van der Waals surface area contributed by atoms with Crippen LogP contribution in [0.4, 0.5) is 0 Å². The van der Waals surface area contributed by atoms with Gasteiger partial charge in [0, 0.05) is 31.1 Å². The number of imidazole rings is 1. The van der Waals surface area contributed by atoms with Crippen molar-refractivity contribution >= 4 is 17.2 Å². The van der Waals surface area contributed by atoms with Gasteiger partial charge < -0.3 is 9.14 Å². The number of benzene rings is 1. The topological polar surface area (TPSA) is 52.3 Å². The van der Waals surface area contributed by atoms with Crippen molar-refractivity contribution in [2.24, 2.45) is 0 Å². The molecule has 124 valence electrons. The van der Waals surface area contributed by atoms with Gasteiger partial charge in [0.1, 0.15) is 18.0 Å². The number of rotatable bonds is 5. The highest BCUT2D eigenvalue weighted by Gasteiger charge is 2.04. The average molecular weight is 351 g/mol. The van der Waals surface area contributed by atoms with Crippen molar-refractivity contribution in [3.8, 4) is 5.75 Å². The molecule has 4 aromatic rings. The predicted octanol–water partition coefficient (Wildman–Crippen LogP) is 3.95. The Balaban J connectivity index is 1.44. The number of fused-ring (bicyclic) bond motifs is 1. The lowest BCUT2D eigenvalue weighted by Gasteiger charge is -2.08. The number of pyridine rings is 1. The van der Waals surface area contributed by atoms with Gasteiger partial charge in [-0.2, -0.15) is 5.10 Å². The second-order valence-electron chi connectivity index (χ2n) is 5.69. The third-order valence-corrected chi connectivity index (χ3v) is 4.11. The van der Waals surface area contributed by atoms with E-state index in [-0.39, 0.29) is 0 Å². The van der Waals surface area contributed by atoms with Crippen LogP contribution in [0.2, 0.25) is 5.15 Å². The normalized spacial score (nSPS) is 10.9. The second-order valence-corrected chi connectivity index (χ2v) is 6.07. The molecule has 25 heavy (non-hydrogen) atoms. The monoisotopic (exact) mass is 350 g/mol. The van der Waals surface area contributed by atoms with Crippen LogP contribution in [0.25, 0.3) is 5.65 Å². The van der Waals surface area contributed by atoms with Crippen molar-refractivity contribution in [3.63, 3.8) is 0 Å². The summed E-state index contributed by atoms with van der Waals surface area (Å²) < 4.78 is 7.71. The molecule has 0 bridgehead atoms. The number of aromatic nitrogens is 4. The maximum Gasteiger partial charge on any atom is 0.155 e. The van der Waals surface area contributed by atoms with Crippen molar-refractivity contribution in [2.75, 3.05) is 0 Å². The van der Waals surface area contributed by atoms with Gasteiger partial charge in [-0.15, -0.1) is 5.10 Å². The molecule has 0 aliphatic carbocycles. The Morgan fingerprint density at radius 3 is 2.72 bits per heavy atom. The molecule has 4 rings (SSSR count). The van der Waals surface area contributed by atoms with Gasteiger partial charge >= 0.3 is 0 Å².